The number of carbonyl (C=O) groups excluding carboxylic acids is 2. The van der Waals surface area contributed by atoms with Gasteiger partial charge in [-0.2, -0.15) is 0 Å². The Kier molecular flexibility index (Phi) is 4.04. The van der Waals surface area contributed by atoms with Crippen LogP contribution in [0.4, 0.5) is 5.69 Å². The van der Waals surface area contributed by atoms with Crippen LogP contribution in [0.25, 0.3) is 0 Å². The van der Waals surface area contributed by atoms with Crippen molar-refractivity contribution in [1.82, 2.24) is 0 Å². The summed E-state index contributed by atoms with van der Waals surface area (Å²) < 4.78 is 10.1. The number of benzene rings is 1. The van der Waals surface area contributed by atoms with Crippen molar-refractivity contribution >= 4 is 17.6 Å². The van der Waals surface area contributed by atoms with Crippen LogP contribution in [0.2, 0.25) is 0 Å². The van der Waals surface area contributed by atoms with E-state index in [1.54, 1.807) is 38.3 Å². The molecule has 1 atom stereocenters. The number of anilines is 1. The largest absolute Gasteiger partial charge is 0.497 e. The molecule has 0 radical (unpaired) electrons. The summed E-state index contributed by atoms with van der Waals surface area (Å²) in [6.45, 7) is 2.08. The van der Waals surface area contributed by atoms with Crippen molar-refractivity contribution in [2.24, 2.45) is 0 Å². The van der Waals surface area contributed by atoms with Crippen molar-refractivity contribution < 1.29 is 19.1 Å². The molecule has 1 aromatic rings. The van der Waals surface area contributed by atoms with Gasteiger partial charge in [0.15, 0.2) is 0 Å². The molecule has 5 heteroatoms. The Balaban J connectivity index is 2.23. The molecule has 0 unspecified atom stereocenters. The van der Waals surface area contributed by atoms with Gasteiger partial charge in [0, 0.05) is 12.1 Å². The van der Waals surface area contributed by atoms with Gasteiger partial charge in [0.1, 0.15) is 11.8 Å². The molecular weight excluding hydrogens is 246 g/mol. The standard InChI is InChI=1S/C14H17NO4/c1-3-19-14(17)12-8-9-13(16)15(12)10-4-6-11(18-2)7-5-10/h4-7,12H,3,8-9H2,1-2H3/t12-/m0/s1. The minimum atomic E-state index is -0.513. The normalized spacial score (nSPS) is 18.5. The SMILES string of the molecule is CCOC(=O)[C@@H]1CCC(=O)N1c1ccc(OC)cc1. The molecule has 1 aliphatic rings. The Morgan fingerprint density at radius 1 is 1.37 bits per heavy atom. The highest BCUT2D eigenvalue weighted by Gasteiger charge is 2.37. The quantitative estimate of drug-likeness (QED) is 0.777. The molecular formula is C14H17NO4. The third-order valence-corrected chi connectivity index (χ3v) is 3.12. The number of nitrogens with zero attached hydrogens (tertiary/aromatic N) is 1. The van der Waals surface area contributed by atoms with Crippen molar-refractivity contribution in [2.45, 2.75) is 25.8 Å². The minimum absolute atomic E-state index is 0.0526. The van der Waals surface area contributed by atoms with E-state index >= 15 is 0 Å². The summed E-state index contributed by atoms with van der Waals surface area (Å²) in [5.41, 5.74) is 0.696. The molecule has 0 bridgehead atoms. The highest BCUT2D eigenvalue weighted by Crippen LogP contribution is 2.28. The fourth-order valence-electron chi connectivity index (χ4n) is 2.21. The molecule has 102 valence electrons. The van der Waals surface area contributed by atoms with E-state index in [1.807, 2.05) is 0 Å². The zero-order chi connectivity index (χ0) is 13.8. The molecule has 5 nitrogen and oxygen atoms in total. The maximum absolute atomic E-state index is 11.9. The molecule has 1 saturated heterocycles. The lowest BCUT2D eigenvalue weighted by Gasteiger charge is -2.23. The Labute approximate surface area is 112 Å². The van der Waals surface area contributed by atoms with Crippen LogP contribution in [0, 0.1) is 0 Å². The van der Waals surface area contributed by atoms with Gasteiger partial charge >= 0.3 is 5.97 Å². The number of carbonyl (C=O) groups is 2. The maximum atomic E-state index is 11.9. The van der Waals surface area contributed by atoms with E-state index < -0.39 is 6.04 Å². The van der Waals surface area contributed by atoms with Crippen LogP contribution < -0.4 is 9.64 Å². The van der Waals surface area contributed by atoms with Crippen molar-refractivity contribution in [1.29, 1.82) is 0 Å². The first-order valence-electron chi connectivity index (χ1n) is 6.30. The fraction of sp³-hybridized carbons (Fsp3) is 0.429. The average molecular weight is 263 g/mol. The number of rotatable bonds is 4. The van der Waals surface area contributed by atoms with Gasteiger partial charge in [0.05, 0.1) is 13.7 Å². The maximum Gasteiger partial charge on any atom is 0.329 e. The zero-order valence-electron chi connectivity index (χ0n) is 11.1. The molecule has 0 aromatic heterocycles. The molecule has 2 rings (SSSR count). The van der Waals surface area contributed by atoms with Crippen molar-refractivity contribution in [3.05, 3.63) is 24.3 Å². The minimum Gasteiger partial charge on any atom is -0.497 e. The first-order valence-corrected chi connectivity index (χ1v) is 6.30. The Morgan fingerprint density at radius 3 is 2.63 bits per heavy atom. The molecule has 1 heterocycles. The van der Waals surface area contributed by atoms with Gasteiger partial charge in [0.2, 0.25) is 5.91 Å². The second kappa shape index (κ2) is 5.73. The predicted octanol–water partition coefficient (Wildman–Crippen LogP) is 1.75. The average Bonchev–Trinajstić information content (AvgIpc) is 2.81. The monoisotopic (exact) mass is 263 g/mol. The summed E-state index contributed by atoms with van der Waals surface area (Å²) in [7, 11) is 1.58. The van der Waals surface area contributed by atoms with Gasteiger partial charge in [-0.25, -0.2) is 4.79 Å². The van der Waals surface area contributed by atoms with Gasteiger partial charge in [-0.3, -0.25) is 9.69 Å². The molecule has 0 saturated carbocycles. The van der Waals surface area contributed by atoms with E-state index in [1.165, 1.54) is 4.90 Å². The third kappa shape index (κ3) is 2.70. The number of hydrogen-bond acceptors (Lipinski definition) is 4. The van der Waals surface area contributed by atoms with Gasteiger partial charge in [-0.05, 0) is 37.6 Å². The number of esters is 1. The highest BCUT2D eigenvalue weighted by molar-refractivity contribution is 6.02. The summed E-state index contributed by atoms with van der Waals surface area (Å²) in [6, 6.07) is 6.57. The van der Waals surface area contributed by atoms with E-state index in [4.69, 9.17) is 9.47 Å². The molecule has 1 aliphatic heterocycles. The number of hydrogen-bond donors (Lipinski definition) is 0. The van der Waals surface area contributed by atoms with Crippen LogP contribution >= 0.6 is 0 Å². The second-order valence-corrected chi connectivity index (χ2v) is 4.27. The molecule has 19 heavy (non-hydrogen) atoms. The summed E-state index contributed by atoms with van der Waals surface area (Å²) in [5.74, 6) is 0.315. The predicted molar refractivity (Wildman–Crippen MR) is 70.1 cm³/mol. The molecule has 1 aromatic carbocycles. The lowest BCUT2D eigenvalue weighted by atomic mass is 10.2. The summed E-state index contributed by atoms with van der Waals surface area (Å²) in [4.78, 5) is 25.3. The second-order valence-electron chi connectivity index (χ2n) is 4.27. The van der Waals surface area contributed by atoms with Gasteiger partial charge < -0.3 is 9.47 Å². The topological polar surface area (TPSA) is 55.8 Å². The Morgan fingerprint density at radius 2 is 2.05 bits per heavy atom. The molecule has 0 N–H and O–H groups in total. The Bertz CT molecular complexity index is 469. The summed E-state index contributed by atoms with van der Waals surface area (Å²) >= 11 is 0. The van der Waals surface area contributed by atoms with Crippen LogP contribution in [-0.2, 0) is 14.3 Å². The van der Waals surface area contributed by atoms with Crippen molar-refractivity contribution in [3.8, 4) is 5.75 Å². The first-order chi connectivity index (χ1) is 9.17. The lowest BCUT2D eigenvalue weighted by molar-refractivity contribution is -0.144. The number of ether oxygens (including phenoxy) is 2. The Hall–Kier alpha value is -2.04. The van der Waals surface area contributed by atoms with Gasteiger partial charge in [-0.15, -0.1) is 0 Å². The number of amides is 1. The lowest BCUT2D eigenvalue weighted by Crippen LogP contribution is -2.39. The van der Waals surface area contributed by atoms with Crippen LogP contribution in [0.15, 0.2) is 24.3 Å². The van der Waals surface area contributed by atoms with Crippen LogP contribution in [0.3, 0.4) is 0 Å². The van der Waals surface area contributed by atoms with E-state index in [2.05, 4.69) is 0 Å². The van der Waals surface area contributed by atoms with Crippen LogP contribution in [-0.4, -0.2) is 31.6 Å². The van der Waals surface area contributed by atoms with Gasteiger partial charge in [-0.1, -0.05) is 0 Å². The van der Waals surface area contributed by atoms with Gasteiger partial charge in [0.25, 0.3) is 0 Å². The fourth-order valence-corrected chi connectivity index (χ4v) is 2.21. The van der Waals surface area contributed by atoms with E-state index in [-0.39, 0.29) is 11.9 Å². The van der Waals surface area contributed by atoms with E-state index in [0.29, 0.717) is 30.9 Å². The third-order valence-electron chi connectivity index (χ3n) is 3.12. The summed E-state index contributed by atoms with van der Waals surface area (Å²) in [5, 5.41) is 0. The highest BCUT2D eigenvalue weighted by atomic mass is 16.5. The molecule has 1 amide bonds. The molecule has 0 aliphatic carbocycles. The smallest absolute Gasteiger partial charge is 0.329 e. The van der Waals surface area contributed by atoms with Crippen molar-refractivity contribution in [2.75, 3.05) is 18.6 Å². The van der Waals surface area contributed by atoms with E-state index in [0.717, 1.165) is 0 Å². The molecule has 1 fully saturated rings. The first kappa shape index (κ1) is 13.4. The van der Waals surface area contributed by atoms with Crippen LogP contribution in [0.1, 0.15) is 19.8 Å². The van der Waals surface area contributed by atoms with E-state index in [9.17, 15) is 9.59 Å². The summed E-state index contributed by atoms with van der Waals surface area (Å²) in [6.07, 6.45) is 0.874. The molecule has 0 spiro atoms. The number of methoxy groups -OCH3 is 1. The zero-order valence-corrected chi connectivity index (χ0v) is 11.1. The van der Waals surface area contributed by atoms with Crippen molar-refractivity contribution in [3.63, 3.8) is 0 Å². The van der Waals surface area contributed by atoms with Crippen LogP contribution in [0.5, 0.6) is 5.75 Å².